The van der Waals surface area contributed by atoms with Gasteiger partial charge in [-0.25, -0.2) is 4.98 Å². The molecular formula is C9H15N3. The monoisotopic (exact) mass is 165 g/mol. The third-order valence-electron chi connectivity index (χ3n) is 1.83. The average Bonchev–Trinajstić information content (AvgIpc) is 2.03. The maximum Gasteiger partial charge on any atom is 0.128 e. The molecule has 4 N–H and O–H groups in total. The zero-order valence-corrected chi connectivity index (χ0v) is 7.38. The molecule has 3 nitrogen and oxygen atoms in total. The highest BCUT2D eigenvalue weighted by Gasteiger charge is 1.99. The van der Waals surface area contributed by atoms with Crippen molar-refractivity contribution in [2.75, 3.05) is 11.5 Å². The molecule has 0 atom stereocenters. The van der Waals surface area contributed by atoms with Crippen molar-refractivity contribution in [1.29, 1.82) is 0 Å². The predicted octanol–water partition coefficient (Wildman–Crippen LogP) is 1.59. The van der Waals surface area contributed by atoms with Crippen molar-refractivity contribution in [1.82, 2.24) is 4.98 Å². The van der Waals surface area contributed by atoms with Crippen LogP contribution < -0.4 is 11.5 Å². The van der Waals surface area contributed by atoms with Gasteiger partial charge in [-0.1, -0.05) is 19.4 Å². The van der Waals surface area contributed by atoms with Crippen LogP contribution in [0.15, 0.2) is 12.1 Å². The molecule has 0 spiro atoms. The Morgan fingerprint density at radius 1 is 1.33 bits per heavy atom. The predicted molar refractivity (Wildman–Crippen MR) is 51.7 cm³/mol. The molecule has 0 aromatic carbocycles. The summed E-state index contributed by atoms with van der Waals surface area (Å²) >= 11 is 0. The summed E-state index contributed by atoms with van der Waals surface area (Å²) in [6, 6.07) is 3.74. The molecule has 66 valence electrons. The Morgan fingerprint density at radius 2 is 2.08 bits per heavy atom. The first kappa shape index (κ1) is 8.84. The number of rotatable bonds is 3. The van der Waals surface area contributed by atoms with Gasteiger partial charge < -0.3 is 11.5 Å². The Bertz CT molecular complexity index is 258. The van der Waals surface area contributed by atoms with Gasteiger partial charge in [-0.15, -0.1) is 0 Å². The summed E-state index contributed by atoms with van der Waals surface area (Å²) in [5, 5.41) is 0. The van der Waals surface area contributed by atoms with E-state index in [4.69, 9.17) is 11.5 Å². The lowest BCUT2D eigenvalue weighted by molar-refractivity contribution is 0.794. The molecule has 0 bridgehead atoms. The molecule has 0 saturated heterocycles. The quantitative estimate of drug-likeness (QED) is 0.714. The van der Waals surface area contributed by atoms with Gasteiger partial charge >= 0.3 is 0 Å². The van der Waals surface area contributed by atoms with E-state index in [0.29, 0.717) is 11.6 Å². The van der Waals surface area contributed by atoms with Gasteiger partial charge in [-0.2, -0.15) is 0 Å². The molecule has 0 radical (unpaired) electrons. The van der Waals surface area contributed by atoms with E-state index in [1.165, 1.54) is 6.42 Å². The number of pyridine rings is 1. The summed E-state index contributed by atoms with van der Waals surface area (Å²) < 4.78 is 0. The summed E-state index contributed by atoms with van der Waals surface area (Å²) in [6.45, 7) is 2.15. The fourth-order valence-electron chi connectivity index (χ4n) is 1.10. The highest BCUT2D eigenvalue weighted by atomic mass is 14.9. The van der Waals surface area contributed by atoms with Crippen molar-refractivity contribution in [3.63, 3.8) is 0 Å². The minimum Gasteiger partial charge on any atom is -0.384 e. The summed E-state index contributed by atoms with van der Waals surface area (Å²) in [5.74, 6) is 1.07. The molecule has 1 rings (SSSR count). The smallest absolute Gasteiger partial charge is 0.128 e. The summed E-state index contributed by atoms with van der Waals surface area (Å²) in [5.41, 5.74) is 12.2. The number of aromatic nitrogens is 1. The number of nitrogens with zero attached hydrogens (tertiary/aromatic N) is 1. The van der Waals surface area contributed by atoms with Gasteiger partial charge in [0.15, 0.2) is 0 Å². The van der Waals surface area contributed by atoms with E-state index >= 15 is 0 Å². The van der Waals surface area contributed by atoms with Crippen molar-refractivity contribution >= 4 is 11.6 Å². The molecule has 1 aromatic heterocycles. The molecule has 1 heterocycles. The Labute approximate surface area is 72.8 Å². The number of unbranched alkanes of at least 4 members (excludes halogenated alkanes) is 1. The third-order valence-corrected chi connectivity index (χ3v) is 1.83. The van der Waals surface area contributed by atoms with Crippen LogP contribution in [0.2, 0.25) is 0 Å². The van der Waals surface area contributed by atoms with E-state index < -0.39 is 0 Å². The fourth-order valence-corrected chi connectivity index (χ4v) is 1.10. The molecule has 0 aliphatic carbocycles. The zero-order chi connectivity index (χ0) is 8.97. The second-order valence-corrected chi connectivity index (χ2v) is 2.88. The van der Waals surface area contributed by atoms with Crippen molar-refractivity contribution in [3.05, 3.63) is 17.7 Å². The summed E-state index contributed by atoms with van der Waals surface area (Å²) in [7, 11) is 0. The van der Waals surface area contributed by atoms with Crippen LogP contribution in [0.1, 0.15) is 25.3 Å². The number of hydrogen-bond donors (Lipinski definition) is 2. The molecular weight excluding hydrogens is 150 g/mol. The summed E-state index contributed by atoms with van der Waals surface area (Å²) in [4.78, 5) is 3.98. The minimum absolute atomic E-state index is 0.493. The van der Waals surface area contributed by atoms with Crippen molar-refractivity contribution in [2.45, 2.75) is 26.2 Å². The molecule has 0 unspecified atom stereocenters. The van der Waals surface area contributed by atoms with E-state index in [-0.39, 0.29) is 0 Å². The number of nitrogen functional groups attached to an aromatic ring is 2. The van der Waals surface area contributed by atoms with Gasteiger partial charge in [-0.05, 0) is 24.5 Å². The van der Waals surface area contributed by atoms with Crippen LogP contribution in [0.25, 0.3) is 0 Å². The third kappa shape index (κ3) is 2.12. The lowest BCUT2D eigenvalue weighted by Crippen LogP contribution is -2.00. The number of nitrogens with two attached hydrogens (primary N) is 2. The number of hydrogen-bond acceptors (Lipinski definition) is 3. The Morgan fingerprint density at radius 3 is 2.67 bits per heavy atom. The van der Waals surface area contributed by atoms with E-state index in [1.54, 1.807) is 6.07 Å². The van der Waals surface area contributed by atoms with Gasteiger partial charge in [0.25, 0.3) is 0 Å². The molecule has 1 aromatic rings. The molecule has 0 aliphatic heterocycles. The lowest BCUT2D eigenvalue weighted by atomic mass is 10.1. The van der Waals surface area contributed by atoms with E-state index in [0.717, 1.165) is 18.4 Å². The van der Waals surface area contributed by atoms with Crippen LogP contribution in [-0.2, 0) is 6.42 Å². The topological polar surface area (TPSA) is 64.9 Å². The average molecular weight is 165 g/mol. The molecule has 0 amide bonds. The number of anilines is 2. The molecule has 0 saturated carbocycles. The minimum atomic E-state index is 0.493. The van der Waals surface area contributed by atoms with Crippen LogP contribution >= 0.6 is 0 Å². The Balaban J connectivity index is 2.72. The molecule has 0 aliphatic rings. The van der Waals surface area contributed by atoms with Crippen molar-refractivity contribution < 1.29 is 0 Å². The highest BCUT2D eigenvalue weighted by molar-refractivity contribution is 5.46. The standard InChI is InChI=1S/C9H15N3/c1-2-3-4-7-5-6-8(10)12-9(7)11/h5-6H,2-4H2,1H3,(H4,10,11,12). The molecule has 3 heteroatoms. The summed E-state index contributed by atoms with van der Waals surface area (Å²) in [6.07, 6.45) is 3.31. The second-order valence-electron chi connectivity index (χ2n) is 2.88. The highest BCUT2D eigenvalue weighted by Crippen LogP contribution is 2.13. The van der Waals surface area contributed by atoms with Crippen LogP contribution in [0.3, 0.4) is 0 Å². The normalized spacial score (nSPS) is 10.1. The van der Waals surface area contributed by atoms with Crippen molar-refractivity contribution in [2.24, 2.45) is 0 Å². The van der Waals surface area contributed by atoms with Gasteiger partial charge in [0, 0.05) is 0 Å². The van der Waals surface area contributed by atoms with Crippen LogP contribution in [0.5, 0.6) is 0 Å². The SMILES string of the molecule is CCCCc1ccc(N)nc1N. The van der Waals surface area contributed by atoms with Gasteiger partial charge in [0.2, 0.25) is 0 Å². The van der Waals surface area contributed by atoms with E-state index in [9.17, 15) is 0 Å². The molecule has 0 fully saturated rings. The Kier molecular flexibility index (Phi) is 2.91. The van der Waals surface area contributed by atoms with Crippen LogP contribution in [0, 0.1) is 0 Å². The Hall–Kier alpha value is -1.25. The van der Waals surface area contributed by atoms with Gasteiger partial charge in [-0.3, -0.25) is 0 Å². The first-order chi connectivity index (χ1) is 5.74. The second kappa shape index (κ2) is 3.95. The maximum absolute atomic E-state index is 5.67. The first-order valence-electron chi connectivity index (χ1n) is 4.25. The van der Waals surface area contributed by atoms with Gasteiger partial charge in [0.05, 0.1) is 0 Å². The first-order valence-corrected chi connectivity index (χ1v) is 4.25. The van der Waals surface area contributed by atoms with E-state index in [1.807, 2.05) is 6.07 Å². The lowest BCUT2D eigenvalue weighted by Gasteiger charge is -2.03. The maximum atomic E-state index is 5.67. The number of aryl methyl sites for hydroxylation is 1. The van der Waals surface area contributed by atoms with Crippen LogP contribution in [-0.4, -0.2) is 4.98 Å². The van der Waals surface area contributed by atoms with Crippen LogP contribution in [0.4, 0.5) is 11.6 Å². The van der Waals surface area contributed by atoms with Gasteiger partial charge in [0.1, 0.15) is 11.6 Å². The molecule has 12 heavy (non-hydrogen) atoms. The zero-order valence-electron chi connectivity index (χ0n) is 7.38. The van der Waals surface area contributed by atoms with Crippen molar-refractivity contribution in [3.8, 4) is 0 Å². The van der Waals surface area contributed by atoms with E-state index in [2.05, 4.69) is 11.9 Å². The largest absolute Gasteiger partial charge is 0.384 e. The fraction of sp³-hybridized carbons (Fsp3) is 0.444.